The number of hydrogen-bond acceptors (Lipinski definition) is 2. The molecule has 0 bridgehead atoms. The number of halogens is 2. The summed E-state index contributed by atoms with van der Waals surface area (Å²) in [7, 11) is 0. The molecular formula is C21H23Cl2NO. The molecule has 4 atom stereocenters. The normalized spacial score (nSPS) is 26.6. The summed E-state index contributed by atoms with van der Waals surface area (Å²) in [6.07, 6.45) is 1.64. The summed E-state index contributed by atoms with van der Waals surface area (Å²) in [6, 6.07) is 15.6. The van der Waals surface area contributed by atoms with E-state index in [4.69, 9.17) is 23.2 Å². The first kappa shape index (κ1) is 18.4. The monoisotopic (exact) mass is 375 g/mol. The summed E-state index contributed by atoms with van der Waals surface area (Å²) in [5.74, 6) is 0.313. The highest BCUT2D eigenvalue weighted by atomic mass is 35.5. The van der Waals surface area contributed by atoms with Gasteiger partial charge in [-0.2, -0.15) is 0 Å². The molecule has 0 radical (unpaired) electrons. The highest BCUT2D eigenvalue weighted by molar-refractivity contribution is 6.30. The van der Waals surface area contributed by atoms with Crippen LogP contribution >= 0.6 is 23.2 Å². The van der Waals surface area contributed by atoms with Gasteiger partial charge in [-0.1, -0.05) is 61.3 Å². The van der Waals surface area contributed by atoms with Crippen LogP contribution in [0, 0.1) is 11.8 Å². The zero-order valence-corrected chi connectivity index (χ0v) is 16.0. The lowest BCUT2D eigenvalue weighted by molar-refractivity contribution is -0.132. The first-order chi connectivity index (χ1) is 12.0. The van der Waals surface area contributed by atoms with Crippen molar-refractivity contribution in [3.8, 4) is 0 Å². The van der Waals surface area contributed by atoms with Gasteiger partial charge in [0.25, 0.3) is 0 Å². The van der Waals surface area contributed by atoms with Gasteiger partial charge >= 0.3 is 0 Å². The molecule has 132 valence electrons. The molecule has 1 saturated heterocycles. The number of piperidine rings is 1. The SMILES string of the molecule is CC[C@@H]1C(=O)[C@H](CC)[C@H](c2ccc(Cl)cc2)N[C@@H]1c1ccc(Cl)cc1. The minimum absolute atomic E-state index is 0.00163. The van der Waals surface area contributed by atoms with E-state index in [0.29, 0.717) is 15.8 Å². The molecule has 3 rings (SSSR count). The second-order valence-electron chi connectivity index (χ2n) is 6.66. The number of carbonyl (C=O) groups excluding carboxylic acids is 1. The number of nitrogens with one attached hydrogen (secondary N) is 1. The van der Waals surface area contributed by atoms with E-state index in [2.05, 4.69) is 19.2 Å². The Balaban J connectivity index is 1.99. The Kier molecular flexibility index (Phi) is 5.83. The minimum Gasteiger partial charge on any atom is -0.302 e. The number of rotatable bonds is 4. The second-order valence-corrected chi connectivity index (χ2v) is 7.53. The average Bonchev–Trinajstić information content (AvgIpc) is 2.62. The van der Waals surface area contributed by atoms with Crippen LogP contribution in [0.5, 0.6) is 0 Å². The fourth-order valence-corrected chi connectivity index (χ4v) is 4.15. The molecule has 0 amide bonds. The van der Waals surface area contributed by atoms with Crippen molar-refractivity contribution in [2.75, 3.05) is 0 Å². The highest BCUT2D eigenvalue weighted by Gasteiger charge is 2.42. The fraction of sp³-hybridized carbons (Fsp3) is 0.381. The van der Waals surface area contributed by atoms with Crippen LogP contribution in [0.2, 0.25) is 10.0 Å². The lowest BCUT2D eigenvalue weighted by atomic mass is 9.72. The predicted octanol–water partition coefficient (Wildman–Crippen LogP) is 6.00. The van der Waals surface area contributed by atoms with Crippen molar-refractivity contribution >= 4 is 29.0 Å². The number of ketones is 1. The van der Waals surface area contributed by atoms with Crippen molar-refractivity contribution in [2.45, 2.75) is 38.8 Å². The maximum atomic E-state index is 13.2. The van der Waals surface area contributed by atoms with Crippen LogP contribution in [-0.2, 0) is 4.79 Å². The maximum absolute atomic E-state index is 13.2. The Morgan fingerprint density at radius 1 is 0.760 bits per heavy atom. The van der Waals surface area contributed by atoms with Crippen molar-refractivity contribution in [2.24, 2.45) is 11.8 Å². The van der Waals surface area contributed by atoms with Gasteiger partial charge in [0.05, 0.1) is 0 Å². The van der Waals surface area contributed by atoms with Crippen LogP contribution in [-0.4, -0.2) is 5.78 Å². The van der Waals surface area contributed by atoms with Crippen LogP contribution in [0.3, 0.4) is 0 Å². The van der Waals surface area contributed by atoms with E-state index in [0.717, 1.165) is 24.0 Å². The number of carbonyl (C=O) groups is 1. The molecule has 1 aliphatic rings. The predicted molar refractivity (Wildman–Crippen MR) is 104 cm³/mol. The Bertz CT molecular complexity index is 665. The quantitative estimate of drug-likeness (QED) is 0.709. The van der Waals surface area contributed by atoms with Crippen molar-refractivity contribution in [1.29, 1.82) is 0 Å². The van der Waals surface area contributed by atoms with E-state index in [1.165, 1.54) is 0 Å². The van der Waals surface area contributed by atoms with E-state index >= 15 is 0 Å². The minimum atomic E-state index is -0.0188. The summed E-state index contributed by atoms with van der Waals surface area (Å²) < 4.78 is 0. The first-order valence-corrected chi connectivity index (χ1v) is 9.61. The van der Waals surface area contributed by atoms with Crippen LogP contribution < -0.4 is 5.32 Å². The second kappa shape index (κ2) is 7.90. The van der Waals surface area contributed by atoms with Gasteiger partial charge in [-0.3, -0.25) is 4.79 Å². The molecule has 2 aromatic carbocycles. The summed E-state index contributed by atoms with van der Waals surface area (Å²) in [4.78, 5) is 13.2. The molecule has 1 fully saturated rings. The molecule has 1 N–H and O–H groups in total. The molecule has 25 heavy (non-hydrogen) atoms. The third kappa shape index (κ3) is 3.76. The molecule has 0 aromatic heterocycles. The van der Waals surface area contributed by atoms with Gasteiger partial charge in [0.15, 0.2) is 0 Å². The zero-order valence-electron chi connectivity index (χ0n) is 14.5. The number of Topliss-reactive ketones (excluding diaryl/α,β-unsaturated/α-hetero) is 1. The third-order valence-electron chi connectivity index (χ3n) is 5.23. The molecule has 1 aliphatic heterocycles. The third-order valence-corrected chi connectivity index (χ3v) is 5.74. The van der Waals surface area contributed by atoms with E-state index < -0.39 is 0 Å². The fourth-order valence-electron chi connectivity index (χ4n) is 3.90. The standard InChI is InChI=1S/C21H23Cl2NO/c1-3-17-19(13-5-9-15(22)10-6-13)24-20(18(4-2)21(17)25)14-7-11-16(23)12-8-14/h5-12,17-20,24H,3-4H2,1-2H3/t17-,18+,19+,20-. The lowest BCUT2D eigenvalue weighted by Crippen LogP contribution is -2.48. The van der Waals surface area contributed by atoms with E-state index in [1.807, 2.05) is 48.5 Å². The molecule has 2 nitrogen and oxygen atoms in total. The van der Waals surface area contributed by atoms with Gasteiger partial charge in [-0.25, -0.2) is 0 Å². The zero-order chi connectivity index (χ0) is 18.0. The van der Waals surface area contributed by atoms with Gasteiger partial charge in [0.1, 0.15) is 5.78 Å². The molecule has 1 heterocycles. The molecule has 2 aromatic rings. The lowest BCUT2D eigenvalue weighted by Gasteiger charge is -2.41. The van der Waals surface area contributed by atoms with Gasteiger partial charge in [-0.15, -0.1) is 0 Å². The summed E-state index contributed by atoms with van der Waals surface area (Å²) in [5.41, 5.74) is 2.22. The maximum Gasteiger partial charge on any atom is 0.142 e. The Morgan fingerprint density at radius 2 is 1.12 bits per heavy atom. The van der Waals surface area contributed by atoms with Crippen molar-refractivity contribution in [1.82, 2.24) is 5.32 Å². The molecule has 0 aliphatic carbocycles. The van der Waals surface area contributed by atoms with Crippen molar-refractivity contribution < 1.29 is 4.79 Å². The molecule has 4 heteroatoms. The molecular weight excluding hydrogens is 353 g/mol. The van der Waals surface area contributed by atoms with Gasteiger partial charge < -0.3 is 5.32 Å². The Labute approximate surface area is 159 Å². The summed E-state index contributed by atoms with van der Waals surface area (Å²) >= 11 is 12.1. The van der Waals surface area contributed by atoms with E-state index in [1.54, 1.807) is 0 Å². The smallest absolute Gasteiger partial charge is 0.142 e. The average molecular weight is 376 g/mol. The number of hydrogen-bond donors (Lipinski definition) is 1. The largest absolute Gasteiger partial charge is 0.302 e. The molecule has 0 unspecified atom stereocenters. The van der Waals surface area contributed by atoms with E-state index in [9.17, 15) is 4.79 Å². The van der Waals surface area contributed by atoms with Crippen molar-refractivity contribution in [3.63, 3.8) is 0 Å². The van der Waals surface area contributed by atoms with Crippen LogP contribution in [0.25, 0.3) is 0 Å². The Hall–Kier alpha value is -1.35. The summed E-state index contributed by atoms with van der Waals surface area (Å²) in [6.45, 7) is 4.17. The van der Waals surface area contributed by atoms with E-state index in [-0.39, 0.29) is 23.9 Å². The first-order valence-electron chi connectivity index (χ1n) is 8.85. The summed E-state index contributed by atoms with van der Waals surface area (Å²) in [5, 5.41) is 5.17. The number of benzene rings is 2. The van der Waals surface area contributed by atoms with Gasteiger partial charge in [0.2, 0.25) is 0 Å². The van der Waals surface area contributed by atoms with Crippen molar-refractivity contribution in [3.05, 3.63) is 69.7 Å². The van der Waals surface area contributed by atoms with Crippen LogP contribution in [0.1, 0.15) is 49.9 Å². The Morgan fingerprint density at radius 3 is 1.44 bits per heavy atom. The highest BCUT2D eigenvalue weighted by Crippen LogP contribution is 2.41. The van der Waals surface area contributed by atoms with Gasteiger partial charge in [0, 0.05) is 34.0 Å². The van der Waals surface area contributed by atoms with Crippen LogP contribution in [0.4, 0.5) is 0 Å². The topological polar surface area (TPSA) is 29.1 Å². The molecule has 0 spiro atoms. The van der Waals surface area contributed by atoms with Gasteiger partial charge in [-0.05, 0) is 48.2 Å². The molecule has 0 saturated carbocycles. The van der Waals surface area contributed by atoms with Crippen LogP contribution in [0.15, 0.2) is 48.5 Å².